The Hall–Kier alpha value is -0.890. The second-order valence-corrected chi connectivity index (χ2v) is 7.80. The molecule has 0 aromatic carbocycles. The van der Waals surface area contributed by atoms with Crippen LogP contribution in [0.1, 0.15) is 44.3 Å². The van der Waals surface area contributed by atoms with E-state index in [9.17, 15) is 8.42 Å². The van der Waals surface area contributed by atoms with Gasteiger partial charge in [0.15, 0.2) is 0 Å². The van der Waals surface area contributed by atoms with Crippen LogP contribution in [0.5, 0.6) is 0 Å². The SMILES string of the molecule is CCc1ccc(C2CCCN2S(=O)(=O)N2CCOCC2C)o1. The third kappa shape index (κ3) is 2.82. The van der Waals surface area contributed by atoms with Crippen molar-refractivity contribution in [3.8, 4) is 0 Å². The maximum Gasteiger partial charge on any atom is 0.283 e. The van der Waals surface area contributed by atoms with E-state index in [0.717, 1.165) is 30.8 Å². The first-order valence-electron chi connectivity index (χ1n) is 7.99. The van der Waals surface area contributed by atoms with E-state index in [1.54, 1.807) is 8.61 Å². The number of rotatable bonds is 4. The molecule has 0 N–H and O–H groups in total. The summed E-state index contributed by atoms with van der Waals surface area (Å²) in [6, 6.07) is 3.55. The molecule has 1 aromatic heterocycles. The molecule has 2 atom stereocenters. The normalized spacial score (nSPS) is 28.3. The number of morpholine rings is 1. The third-order valence-electron chi connectivity index (χ3n) is 4.46. The maximum absolute atomic E-state index is 13.0. The second-order valence-electron chi connectivity index (χ2n) is 5.97. The fourth-order valence-electron chi connectivity index (χ4n) is 3.25. The molecule has 0 bridgehead atoms. The molecule has 2 aliphatic heterocycles. The first-order chi connectivity index (χ1) is 10.5. The topological polar surface area (TPSA) is 63.0 Å². The number of nitrogens with zero attached hydrogens (tertiary/aromatic N) is 2. The second kappa shape index (κ2) is 6.31. The van der Waals surface area contributed by atoms with Crippen LogP contribution in [-0.4, -0.2) is 49.4 Å². The van der Waals surface area contributed by atoms with Gasteiger partial charge in [-0.05, 0) is 31.9 Å². The van der Waals surface area contributed by atoms with Crippen molar-refractivity contribution in [3.05, 3.63) is 23.7 Å². The Morgan fingerprint density at radius 2 is 2.09 bits per heavy atom. The highest BCUT2D eigenvalue weighted by atomic mass is 32.2. The first-order valence-corrected chi connectivity index (χ1v) is 9.38. The van der Waals surface area contributed by atoms with E-state index in [4.69, 9.17) is 9.15 Å². The molecule has 2 unspecified atom stereocenters. The fraction of sp³-hybridized carbons (Fsp3) is 0.733. The van der Waals surface area contributed by atoms with Crippen molar-refractivity contribution >= 4 is 10.2 Å². The van der Waals surface area contributed by atoms with E-state index in [1.165, 1.54) is 0 Å². The van der Waals surface area contributed by atoms with Crippen LogP contribution < -0.4 is 0 Å². The molecule has 0 aliphatic carbocycles. The van der Waals surface area contributed by atoms with Gasteiger partial charge >= 0.3 is 0 Å². The molecule has 3 heterocycles. The Balaban J connectivity index is 1.85. The van der Waals surface area contributed by atoms with Crippen LogP contribution in [0.3, 0.4) is 0 Å². The van der Waals surface area contributed by atoms with Gasteiger partial charge in [-0.25, -0.2) is 0 Å². The van der Waals surface area contributed by atoms with Crippen molar-refractivity contribution in [2.75, 3.05) is 26.3 Å². The zero-order valence-corrected chi connectivity index (χ0v) is 14.0. The standard InChI is InChI=1S/C15H24N2O4S/c1-3-13-6-7-15(21-13)14-5-4-8-17(14)22(18,19)16-9-10-20-11-12(16)2/h6-7,12,14H,3-5,8-11H2,1-2H3. The average molecular weight is 328 g/mol. The van der Waals surface area contributed by atoms with E-state index in [2.05, 4.69) is 0 Å². The van der Waals surface area contributed by atoms with Gasteiger partial charge in [0.2, 0.25) is 0 Å². The Kier molecular flexibility index (Phi) is 4.59. The minimum absolute atomic E-state index is 0.122. The van der Waals surface area contributed by atoms with E-state index >= 15 is 0 Å². The predicted molar refractivity (Wildman–Crippen MR) is 82.7 cm³/mol. The molecule has 6 nitrogen and oxygen atoms in total. The molecule has 1 aromatic rings. The Bertz CT molecular complexity index is 613. The molecule has 0 spiro atoms. The Morgan fingerprint density at radius 1 is 1.27 bits per heavy atom. The number of furan rings is 1. The summed E-state index contributed by atoms with van der Waals surface area (Å²) in [5, 5.41) is 0. The molecule has 0 saturated carbocycles. The third-order valence-corrected chi connectivity index (χ3v) is 6.63. The number of ether oxygens (including phenoxy) is 1. The van der Waals surface area contributed by atoms with Crippen molar-refractivity contribution in [1.29, 1.82) is 0 Å². The summed E-state index contributed by atoms with van der Waals surface area (Å²) in [7, 11) is -3.48. The van der Waals surface area contributed by atoms with Crippen LogP contribution in [0.2, 0.25) is 0 Å². The summed E-state index contributed by atoms with van der Waals surface area (Å²) < 4.78 is 40.4. The van der Waals surface area contributed by atoms with Crippen LogP contribution in [0.25, 0.3) is 0 Å². The lowest BCUT2D eigenvalue weighted by atomic mass is 10.2. The van der Waals surface area contributed by atoms with Gasteiger partial charge in [0.05, 0.1) is 19.3 Å². The first kappa shape index (κ1) is 16.0. The minimum atomic E-state index is -3.48. The molecule has 7 heteroatoms. The van der Waals surface area contributed by atoms with Gasteiger partial charge in [-0.15, -0.1) is 0 Å². The highest BCUT2D eigenvalue weighted by Crippen LogP contribution is 2.36. The molecule has 2 aliphatic rings. The summed E-state index contributed by atoms with van der Waals surface area (Å²) in [6.45, 7) is 5.82. The number of aryl methyl sites for hydroxylation is 1. The van der Waals surface area contributed by atoms with Gasteiger partial charge in [0.1, 0.15) is 11.5 Å². The van der Waals surface area contributed by atoms with Crippen LogP contribution in [0, 0.1) is 0 Å². The summed E-state index contributed by atoms with van der Waals surface area (Å²) in [4.78, 5) is 0. The van der Waals surface area contributed by atoms with E-state index < -0.39 is 10.2 Å². The van der Waals surface area contributed by atoms with Crippen LogP contribution >= 0.6 is 0 Å². The number of hydrogen-bond acceptors (Lipinski definition) is 4. The molecule has 124 valence electrons. The van der Waals surface area contributed by atoms with E-state index in [1.807, 2.05) is 26.0 Å². The zero-order chi connectivity index (χ0) is 15.7. The van der Waals surface area contributed by atoms with Gasteiger partial charge in [0.25, 0.3) is 10.2 Å². The fourth-order valence-corrected chi connectivity index (χ4v) is 5.23. The average Bonchev–Trinajstić information content (AvgIpc) is 3.16. The highest BCUT2D eigenvalue weighted by Gasteiger charge is 2.42. The van der Waals surface area contributed by atoms with Crippen LogP contribution in [0.4, 0.5) is 0 Å². The Labute approximate surface area is 132 Å². The zero-order valence-electron chi connectivity index (χ0n) is 13.2. The molecule has 22 heavy (non-hydrogen) atoms. The monoisotopic (exact) mass is 328 g/mol. The summed E-state index contributed by atoms with van der Waals surface area (Å²) in [5.74, 6) is 1.66. The van der Waals surface area contributed by atoms with Gasteiger partial charge in [-0.2, -0.15) is 17.0 Å². The molecule has 0 amide bonds. The highest BCUT2D eigenvalue weighted by molar-refractivity contribution is 7.86. The molecule has 2 fully saturated rings. The van der Waals surface area contributed by atoms with Crippen molar-refractivity contribution < 1.29 is 17.6 Å². The van der Waals surface area contributed by atoms with E-state index in [-0.39, 0.29) is 12.1 Å². The van der Waals surface area contributed by atoms with Crippen molar-refractivity contribution in [3.63, 3.8) is 0 Å². The molecule has 3 rings (SSSR count). The van der Waals surface area contributed by atoms with Gasteiger partial charge in [0, 0.05) is 25.6 Å². The Morgan fingerprint density at radius 3 is 2.77 bits per heavy atom. The smallest absolute Gasteiger partial charge is 0.283 e. The molecular formula is C15H24N2O4S. The van der Waals surface area contributed by atoms with Crippen LogP contribution in [-0.2, 0) is 21.4 Å². The van der Waals surface area contributed by atoms with Crippen molar-refractivity contribution in [1.82, 2.24) is 8.61 Å². The molecule has 0 radical (unpaired) electrons. The summed E-state index contributed by atoms with van der Waals surface area (Å²) in [5.41, 5.74) is 0. The molecule has 2 saturated heterocycles. The lowest BCUT2D eigenvalue weighted by Gasteiger charge is -2.36. The van der Waals surface area contributed by atoms with Gasteiger partial charge in [-0.1, -0.05) is 6.92 Å². The van der Waals surface area contributed by atoms with Gasteiger partial charge in [-0.3, -0.25) is 0 Å². The van der Waals surface area contributed by atoms with Gasteiger partial charge < -0.3 is 9.15 Å². The number of hydrogen-bond donors (Lipinski definition) is 0. The molecular weight excluding hydrogens is 304 g/mol. The van der Waals surface area contributed by atoms with Crippen molar-refractivity contribution in [2.45, 2.75) is 45.2 Å². The minimum Gasteiger partial charge on any atom is -0.464 e. The predicted octanol–water partition coefficient (Wildman–Crippen LogP) is 1.94. The lowest BCUT2D eigenvalue weighted by Crippen LogP contribution is -2.52. The maximum atomic E-state index is 13.0. The van der Waals surface area contributed by atoms with Crippen LogP contribution in [0.15, 0.2) is 16.5 Å². The quantitative estimate of drug-likeness (QED) is 0.847. The van der Waals surface area contributed by atoms with E-state index in [0.29, 0.717) is 26.3 Å². The summed E-state index contributed by atoms with van der Waals surface area (Å²) >= 11 is 0. The summed E-state index contributed by atoms with van der Waals surface area (Å²) in [6.07, 6.45) is 2.50. The lowest BCUT2D eigenvalue weighted by molar-refractivity contribution is 0.0359. The largest absolute Gasteiger partial charge is 0.464 e. The van der Waals surface area contributed by atoms with Crippen molar-refractivity contribution in [2.24, 2.45) is 0 Å².